The van der Waals surface area contributed by atoms with E-state index >= 15 is 0 Å². The maximum Gasteiger partial charge on any atom is 0.116 e. The van der Waals surface area contributed by atoms with Gasteiger partial charge in [-0.15, -0.1) is 11.8 Å². The molecule has 2 aromatic rings. The van der Waals surface area contributed by atoms with Crippen molar-refractivity contribution < 1.29 is 5.11 Å². The molecule has 16 heavy (non-hydrogen) atoms. The van der Waals surface area contributed by atoms with Gasteiger partial charge in [-0.25, -0.2) is 0 Å². The lowest BCUT2D eigenvalue weighted by Gasteiger charge is -2.00. The number of phenols is 1. The monoisotopic (exact) mass is 234 g/mol. The molecule has 0 saturated carbocycles. The highest BCUT2D eigenvalue weighted by molar-refractivity contribution is 7.98. The maximum absolute atomic E-state index is 9.32. The average Bonchev–Trinajstić information content (AvgIpc) is 2.74. The van der Waals surface area contributed by atoms with Crippen molar-refractivity contribution in [2.24, 2.45) is 0 Å². The third kappa shape index (κ3) is 2.79. The quantitative estimate of drug-likeness (QED) is 0.827. The molecule has 4 heteroatoms. The van der Waals surface area contributed by atoms with Crippen molar-refractivity contribution in [1.82, 2.24) is 9.78 Å². The Morgan fingerprint density at radius 3 is 3.00 bits per heavy atom. The Morgan fingerprint density at radius 2 is 2.31 bits per heavy atom. The minimum Gasteiger partial charge on any atom is -0.508 e. The van der Waals surface area contributed by atoms with Crippen LogP contribution in [0.2, 0.25) is 0 Å². The van der Waals surface area contributed by atoms with E-state index in [1.54, 1.807) is 23.9 Å². The lowest BCUT2D eigenvalue weighted by Crippen LogP contribution is -1.92. The van der Waals surface area contributed by atoms with Crippen LogP contribution in [0.3, 0.4) is 0 Å². The molecule has 0 spiro atoms. The summed E-state index contributed by atoms with van der Waals surface area (Å²) in [6, 6.07) is 7.30. The highest BCUT2D eigenvalue weighted by atomic mass is 32.2. The zero-order valence-corrected chi connectivity index (χ0v) is 9.94. The van der Waals surface area contributed by atoms with Crippen molar-refractivity contribution >= 4 is 11.8 Å². The van der Waals surface area contributed by atoms with Crippen LogP contribution in [-0.4, -0.2) is 14.9 Å². The molecule has 0 aliphatic rings. The lowest BCUT2D eigenvalue weighted by molar-refractivity contribution is 0.474. The summed E-state index contributed by atoms with van der Waals surface area (Å²) >= 11 is 1.70. The molecule has 0 unspecified atom stereocenters. The Bertz CT molecular complexity index is 468. The number of aromatic hydroxyl groups is 1. The van der Waals surface area contributed by atoms with Gasteiger partial charge in [0.2, 0.25) is 0 Å². The van der Waals surface area contributed by atoms with E-state index in [1.807, 2.05) is 23.0 Å². The zero-order chi connectivity index (χ0) is 11.4. The van der Waals surface area contributed by atoms with Gasteiger partial charge in [-0.1, -0.05) is 6.07 Å². The van der Waals surface area contributed by atoms with Crippen LogP contribution in [0.4, 0.5) is 0 Å². The van der Waals surface area contributed by atoms with E-state index in [4.69, 9.17) is 0 Å². The van der Waals surface area contributed by atoms with E-state index in [9.17, 15) is 5.11 Å². The molecule has 2 rings (SSSR count). The van der Waals surface area contributed by atoms with E-state index in [-0.39, 0.29) is 0 Å². The van der Waals surface area contributed by atoms with Crippen molar-refractivity contribution in [2.45, 2.75) is 24.1 Å². The molecule has 3 nitrogen and oxygen atoms in total. The van der Waals surface area contributed by atoms with E-state index in [1.165, 1.54) is 5.56 Å². The molecule has 0 aliphatic heterocycles. The fraction of sp³-hybridized carbons (Fsp3) is 0.250. The van der Waals surface area contributed by atoms with Gasteiger partial charge in [0.25, 0.3) is 0 Å². The number of hydrogen-bond donors (Lipinski definition) is 1. The predicted molar refractivity (Wildman–Crippen MR) is 65.6 cm³/mol. The molecule has 1 aromatic heterocycles. The first-order valence-corrected chi connectivity index (χ1v) is 6.19. The van der Waals surface area contributed by atoms with Crippen molar-refractivity contribution in [3.8, 4) is 5.75 Å². The molecule has 1 heterocycles. The second-order valence-electron chi connectivity index (χ2n) is 3.49. The van der Waals surface area contributed by atoms with Gasteiger partial charge in [0.05, 0.1) is 6.20 Å². The number of thioether (sulfide) groups is 1. The standard InChI is InChI=1S/C12H14N2OS/c1-2-14-8-10(7-13-14)9-16-12-5-3-4-11(15)6-12/h3-8,15H,2,9H2,1H3. The minimum absolute atomic E-state index is 0.314. The number of aromatic nitrogens is 2. The molecule has 1 aromatic carbocycles. The normalized spacial score (nSPS) is 10.6. The molecule has 0 fully saturated rings. The first kappa shape index (κ1) is 11.1. The summed E-state index contributed by atoms with van der Waals surface area (Å²) in [6.07, 6.45) is 3.94. The van der Waals surface area contributed by atoms with Crippen LogP contribution in [-0.2, 0) is 12.3 Å². The Morgan fingerprint density at radius 1 is 1.44 bits per heavy atom. The predicted octanol–water partition coefficient (Wildman–Crippen LogP) is 2.90. The van der Waals surface area contributed by atoms with E-state index < -0.39 is 0 Å². The van der Waals surface area contributed by atoms with Gasteiger partial charge >= 0.3 is 0 Å². The summed E-state index contributed by atoms with van der Waals surface area (Å²) in [6.45, 7) is 2.97. The van der Waals surface area contributed by atoms with Crippen LogP contribution in [0.5, 0.6) is 5.75 Å². The van der Waals surface area contributed by atoms with Crippen LogP contribution in [0.15, 0.2) is 41.6 Å². The SMILES string of the molecule is CCn1cc(CSc2cccc(O)c2)cn1. The highest BCUT2D eigenvalue weighted by Gasteiger charge is 2.00. The molecule has 0 radical (unpaired) electrons. The van der Waals surface area contributed by atoms with Gasteiger partial charge in [-0.2, -0.15) is 5.10 Å². The summed E-state index contributed by atoms with van der Waals surface area (Å²) in [5, 5.41) is 13.5. The number of aryl methyl sites for hydroxylation is 1. The molecule has 0 aliphatic carbocycles. The molecule has 0 bridgehead atoms. The number of benzene rings is 1. The van der Waals surface area contributed by atoms with Gasteiger partial charge in [0.15, 0.2) is 0 Å². The molecule has 0 saturated heterocycles. The highest BCUT2D eigenvalue weighted by Crippen LogP contribution is 2.25. The Labute approximate surface area is 99.1 Å². The molecule has 0 amide bonds. The average molecular weight is 234 g/mol. The van der Waals surface area contributed by atoms with E-state index in [0.717, 1.165) is 17.2 Å². The third-order valence-electron chi connectivity index (χ3n) is 2.23. The number of nitrogens with zero attached hydrogens (tertiary/aromatic N) is 2. The van der Waals surface area contributed by atoms with Crippen LogP contribution >= 0.6 is 11.8 Å². The number of hydrogen-bond acceptors (Lipinski definition) is 3. The number of rotatable bonds is 4. The van der Waals surface area contributed by atoms with Crippen LogP contribution < -0.4 is 0 Å². The summed E-state index contributed by atoms with van der Waals surface area (Å²) in [4.78, 5) is 1.07. The fourth-order valence-electron chi connectivity index (χ4n) is 1.39. The molecular weight excluding hydrogens is 220 g/mol. The van der Waals surface area contributed by atoms with Crippen LogP contribution in [0.25, 0.3) is 0 Å². The molecular formula is C12H14N2OS. The van der Waals surface area contributed by atoms with Crippen LogP contribution in [0.1, 0.15) is 12.5 Å². The van der Waals surface area contributed by atoms with Crippen molar-refractivity contribution in [1.29, 1.82) is 0 Å². The zero-order valence-electron chi connectivity index (χ0n) is 9.13. The summed E-state index contributed by atoms with van der Waals surface area (Å²) < 4.78 is 1.92. The van der Waals surface area contributed by atoms with Crippen molar-refractivity contribution in [3.63, 3.8) is 0 Å². The van der Waals surface area contributed by atoms with Gasteiger partial charge in [0.1, 0.15) is 5.75 Å². The van der Waals surface area contributed by atoms with Gasteiger partial charge in [-0.3, -0.25) is 4.68 Å². The second-order valence-corrected chi connectivity index (χ2v) is 4.54. The maximum atomic E-state index is 9.32. The largest absolute Gasteiger partial charge is 0.508 e. The smallest absolute Gasteiger partial charge is 0.116 e. The van der Waals surface area contributed by atoms with Gasteiger partial charge in [0, 0.05) is 29.0 Å². The van der Waals surface area contributed by atoms with Crippen molar-refractivity contribution in [2.75, 3.05) is 0 Å². The topological polar surface area (TPSA) is 38.0 Å². The second kappa shape index (κ2) is 5.07. The number of phenolic OH excluding ortho intramolecular Hbond substituents is 1. The summed E-state index contributed by atoms with van der Waals surface area (Å²) in [5.74, 6) is 1.19. The minimum atomic E-state index is 0.314. The molecule has 84 valence electrons. The molecule has 0 atom stereocenters. The third-order valence-corrected chi connectivity index (χ3v) is 3.30. The Hall–Kier alpha value is -1.42. The fourth-order valence-corrected chi connectivity index (χ4v) is 2.26. The summed E-state index contributed by atoms with van der Waals surface area (Å²) in [7, 11) is 0. The Balaban J connectivity index is 1.96. The van der Waals surface area contributed by atoms with Crippen molar-refractivity contribution in [3.05, 3.63) is 42.2 Å². The first-order chi connectivity index (χ1) is 7.78. The van der Waals surface area contributed by atoms with Gasteiger partial charge < -0.3 is 5.11 Å². The first-order valence-electron chi connectivity index (χ1n) is 5.21. The van der Waals surface area contributed by atoms with Gasteiger partial charge in [-0.05, 0) is 25.1 Å². The van der Waals surface area contributed by atoms with Crippen LogP contribution in [0, 0.1) is 0 Å². The summed E-state index contributed by atoms with van der Waals surface area (Å²) in [5.41, 5.74) is 1.20. The van der Waals surface area contributed by atoms with E-state index in [0.29, 0.717) is 5.75 Å². The lowest BCUT2D eigenvalue weighted by atomic mass is 10.3. The molecule has 1 N–H and O–H groups in total. The Kier molecular flexibility index (Phi) is 3.51. The van der Waals surface area contributed by atoms with E-state index in [2.05, 4.69) is 18.2 Å².